The van der Waals surface area contributed by atoms with Gasteiger partial charge in [0.15, 0.2) is 5.13 Å². The molecule has 2 N–H and O–H groups in total. The van der Waals surface area contributed by atoms with Crippen molar-refractivity contribution in [3.63, 3.8) is 0 Å². The summed E-state index contributed by atoms with van der Waals surface area (Å²) < 4.78 is 0.815. The summed E-state index contributed by atoms with van der Waals surface area (Å²) in [6.07, 6.45) is 6.60. The van der Waals surface area contributed by atoms with Crippen LogP contribution in [0.1, 0.15) is 50.0 Å². The zero-order chi connectivity index (χ0) is 19.1. The Kier molecular flexibility index (Phi) is 7.71. The SMILES string of the molecule is CCC[C@H](NC(=O)Cc1cncc(Br)c1)C(=O)Nc1ncc(C(C)C)s1. The summed E-state index contributed by atoms with van der Waals surface area (Å²) >= 11 is 4.79. The zero-order valence-corrected chi connectivity index (χ0v) is 17.5. The molecule has 2 heterocycles. The molecule has 0 bridgehead atoms. The summed E-state index contributed by atoms with van der Waals surface area (Å²) in [6.45, 7) is 6.14. The van der Waals surface area contributed by atoms with Gasteiger partial charge in [0.1, 0.15) is 6.04 Å². The molecule has 6 nitrogen and oxygen atoms in total. The van der Waals surface area contributed by atoms with Crippen LogP contribution in [0.25, 0.3) is 0 Å². The van der Waals surface area contributed by atoms with Crippen molar-refractivity contribution in [2.45, 2.75) is 52.0 Å². The van der Waals surface area contributed by atoms with Gasteiger partial charge in [-0.25, -0.2) is 4.98 Å². The molecule has 0 saturated carbocycles. The van der Waals surface area contributed by atoms with Crippen molar-refractivity contribution in [3.8, 4) is 0 Å². The van der Waals surface area contributed by atoms with Crippen molar-refractivity contribution in [2.75, 3.05) is 5.32 Å². The van der Waals surface area contributed by atoms with Crippen LogP contribution in [0.15, 0.2) is 29.1 Å². The van der Waals surface area contributed by atoms with Crippen molar-refractivity contribution in [1.29, 1.82) is 0 Å². The molecule has 2 aromatic heterocycles. The summed E-state index contributed by atoms with van der Waals surface area (Å²) in [6, 6.07) is 1.25. The highest BCUT2D eigenvalue weighted by atomic mass is 79.9. The topological polar surface area (TPSA) is 84.0 Å². The van der Waals surface area contributed by atoms with Crippen molar-refractivity contribution in [1.82, 2.24) is 15.3 Å². The molecule has 2 rings (SSSR count). The Morgan fingerprint density at radius 3 is 2.65 bits per heavy atom. The molecule has 0 radical (unpaired) electrons. The fourth-order valence-corrected chi connectivity index (χ4v) is 3.58. The largest absolute Gasteiger partial charge is 0.344 e. The van der Waals surface area contributed by atoms with Gasteiger partial charge >= 0.3 is 0 Å². The molecule has 0 unspecified atom stereocenters. The first kappa shape index (κ1) is 20.5. The molecule has 0 saturated heterocycles. The lowest BCUT2D eigenvalue weighted by Crippen LogP contribution is -2.44. The number of carbonyl (C=O) groups is 2. The summed E-state index contributed by atoms with van der Waals surface area (Å²) in [7, 11) is 0. The average molecular weight is 439 g/mol. The van der Waals surface area contributed by atoms with E-state index in [0.29, 0.717) is 17.5 Å². The number of amides is 2. The third kappa shape index (κ3) is 6.17. The highest BCUT2D eigenvalue weighted by Gasteiger charge is 2.21. The van der Waals surface area contributed by atoms with E-state index in [4.69, 9.17) is 0 Å². The Hall–Kier alpha value is -1.80. The lowest BCUT2D eigenvalue weighted by Gasteiger charge is -2.17. The van der Waals surface area contributed by atoms with Crippen LogP contribution in [0.3, 0.4) is 0 Å². The van der Waals surface area contributed by atoms with Crippen molar-refractivity contribution in [3.05, 3.63) is 39.6 Å². The van der Waals surface area contributed by atoms with Crippen LogP contribution in [-0.2, 0) is 16.0 Å². The van der Waals surface area contributed by atoms with Crippen LogP contribution in [0, 0.1) is 0 Å². The van der Waals surface area contributed by atoms with Gasteiger partial charge in [0.25, 0.3) is 0 Å². The van der Waals surface area contributed by atoms with E-state index in [9.17, 15) is 9.59 Å². The van der Waals surface area contributed by atoms with Crippen molar-refractivity contribution >= 4 is 44.2 Å². The van der Waals surface area contributed by atoms with Gasteiger partial charge in [0.05, 0.1) is 6.42 Å². The quantitative estimate of drug-likeness (QED) is 0.654. The first-order valence-electron chi connectivity index (χ1n) is 8.54. The average Bonchev–Trinajstić information content (AvgIpc) is 3.03. The Bertz CT molecular complexity index is 763. The molecule has 26 heavy (non-hydrogen) atoms. The van der Waals surface area contributed by atoms with Crippen molar-refractivity contribution in [2.24, 2.45) is 0 Å². The third-order valence-electron chi connectivity index (χ3n) is 3.68. The number of halogens is 1. The third-order valence-corrected chi connectivity index (χ3v) is 5.32. The molecule has 0 aliphatic rings. The summed E-state index contributed by atoms with van der Waals surface area (Å²) in [5.74, 6) is -0.0826. The van der Waals surface area contributed by atoms with Gasteiger partial charge in [-0.05, 0) is 39.9 Å². The van der Waals surface area contributed by atoms with Crippen molar-refractivity contribution < 1.29 is 9.59 Å². The van der Waals surface area contributed by atoms with Crippen LogP contribution in [0.2, 0.25) is 0 Å². The Labute approximate surface area is 166 Å². The molecular formula is C18H23BrN4O2S. The fraction of sp³-hybridized carbons (Fsp3) is 0.444. The predicted octanol–water partition coefficient (Wildman–Crippen LogP) is 3.89. The van der Waals surface area contributed by atoms with Crippen LogP contribution in [0.4, 0.5) is 5.13 Å². The Balaban J connectivity index is 1.97. The van der Waals surface area contributed by atoms with Gasteiger partial charge in [0.2, 0.25) is 11.8 Å². The molecule has 0 aliphatic carbocycles. The minimum Gasteiger partial charge on any atom is -0.344 e. The van der Waals surface area contributed by atoms with Gasteiger partial charge < -0.3 is 10.6 Å². The first-order valence-corrected chi connectivity index (χ1v) is 10.1. The molecule has 0 fully saturated rings. The Morgan fingerprint density at radius 2 is 2.04 bits per heavy atom. The van der Waals surface area contributed by atoms with Gasteiger partial charge in [-0.15, -0.1) is 11.3 Å². The predicted molar refractivity (Wildman–Crippen MR) is 107 cm³/mol. The van der Waals surface area contributed by atoms with E-state index in [1.807, 2.05) is 13.0 Å². The van der Waals surface area contributed by atoms with Gasteiger partial charge in [-0.1, -0.05) is 27.2 Å². The van der Waals surface area contributed by atoms with E-state index in [0.717, 1.165) is 21.3 Å². The number of nitrogens with one attached hydrogen (secondary N) is 2. The lowest BCUT2D eigenvalue weighted by atomic mass is 10.1. The number of aromatic nitrogens is 2. The molecular weight excluding hydrogens is 416 g/mol. The number of thiazole rings is 1. The first-order chi connectivity index (χ1) is 12.4. The van der Waals surface area contributed by atoms with E-state index in [1.54, 1.807) is 18.6 Å². The Morgan fingerprint density at radius 1 is 1.27 bits per heavy atom. The number of rotatable bonds is 8. The highest BCUT2D eigenvalue weighted by Crippen LogP contribution is 2.25. The molecule has 0 aromatic carbocycles. The van der Waals surface area contributed by atoms with Gasteiger partial charge in [-0.3, -0.25) is 14.6 Å². The lowest BCUT2D eigenvalue weighted by molar-refractivity contribution is -0.126. The summed E-state index contributed by atoms with van der Waals surface area (Å²) in [5, 5.41) is 6.19. The number of nitrogens with zero attached hydrogens (tertiary/aromatic N) is 2. The standard InChI is InChI=1S/C18H23BrN4O2S/c1-4-5-14(17(25)23-18-21-10-15(26-18)11(2)3)22-16(24)7-12-6-13(19)9-20-8-12/h6,8-11,14H,4-5,7H2,1-3H3,(H,22,24)(H,21,23,25)/t14-/m0/s1. The molecule has 1 atom stereocenters. The normalized spacial score (nSPS) is 12.0. The number of hydrogen-bond donors (Lipinski definition) is 2. The minimum atomic E-state index is -0.584. The molecule has 0 aliphatic heterocycles. The van der Waals surface area contributed by atoms with E-state index >= 15 is 0 Å². The van der Waals surface area contributed by atoms with Crippen LogP contribution in [0.5, 0.6) is 0 Å². The monoisotopic (exact) mass is 438 g/mol. The number of anilines is 1. The molecule has 0 spiro atoms. The van der Waals surface area contributed by atoms with Crippen LogP contribution >= 0.6 is 27.3 Å². The molecule has 8 heteroatoms. The van der Waals surface area contributed by atoms with E-state index < -0.39 is 6.04 Å². The second-order valence-corrected chi connectivity index (χ2v) is 8.29. The summed E-state index contributed by atoms with van der Waals surface area (Å²) in [4.78, 5) is 34.3. The molecule has 2 aromatic rings. The maximum Gasteiger partial charge on any atom is 0.248 e. The minimum absolute atomic E-state index is 0.175. The second-order valence-electron chi connectivity index (χ2n) is 6.31. The smallest absolute Gasteiger partial charge is 0.248 e. The second kappa shape index (κ2) is 9.78. The van der Waals surface area contributed by atoms with Crippen LogP contribution < -0.4 is 10.6 Å². The summed E-state index contributed by atoms with van der Waals surface area (Å²) in [5.41, 5.74) is 0.786. The number of carbonyl (C=O) groups excluding carboxylic acids is 2. The van der Waals surface area contributed by atoms with E-state index in [2.05, 4.69) is 50.4 Å². The maximum absolute atomic E-state index is 12.5. The van der Waals surface area contributed by atoms with E-state index in [-0.39, 0.29) is 18.2 Å². The van der Waals surface area contributed by atoms with E-state index in [1.165, 1.54) is 11.3 Å². The fourth-order valence-electron chi connectivity index (χ4n) is 2.34. The highest BCUT2D eigenvalue weighted by molar-refractivity contribution is 9.10. The maximum atomic E-state index is 12.5. The number of hydrogen-bond acceptors (Lipinski definition) is 5. The molecule has 140 valence electrons. The van der Waals surface area contributed by atoms with Gasteiger partial charge in [-0.2, -0.15) is 0 Å². The van der Waals surface area contributed by atoms with Gasteiger partial charge in [0, 0.05) is 27.9 Å². The van der Waals surface area contributed by atoms with Crippen LogP contribution in [-0.4, -0.2) is 27.8 Å². The molecule has 2 amide bonds. The zero-order valence-electron chi connectivity index (χ0n) is 15.1. The number of pyridine rings is 1.